The second kappa shape index (κ2) is 8.04. The Morgan fingerprint density at radius 2 is 1.66 bits per heavy atom. The molecule has 1 aliphatic carbocycles. The molecular formula is C23H26F3N3O2S. The van der Waals surface area contributed by atoms with Gasteiger partial charge < -0.3 is 4.90 Å². The molecule has 0 unspecified atom stereocenters. The van der Waals surface area contributed by atoms with Crippen molar-refractivity contribution in [3.8, 4) is 0 Å². The molecule has 2 fully saturated rings. The number of hydrogen-bond acceptors (Lipinski definition) is 4. The lowest BCUT2D eigenvalue weighted by Gasteiger charge is -2.37. The van der Waals surface area contributed by atoms with Crippen molar-refractivity contribution in [2.45, 2.75) is 37.0 Å². The van der Waals surface area contributed by atoms with E-state index in [0.29, 0.717) is 0 Å². The number of anilines is 1. The molecule has 2 aliphatic heterocycles. The maximum Gasteiger partial charge on any atom is 0.416 e. The summed E-state index contributed by atoms with van der Waals surface area (Å²) < 4.78 is 66.9. The third kappa shape index (κ3) is 4.25. The molecule has 1 saturated heterocycles. The number of sulfonamides is 1. The lowest BCUT2D eigenvalue weighted by atomic mass is 10.1. The molecule has 2 aromatic carbocycles. The van der Waals surface area contributed by atoms with Gasteiger partial charge in [-0.25, -0.2) is 8.42 Å². The topological polar surface area (TPSA) is 43.9 Å². The van der Waals surface area contributed by atoms with E-state index in [2.05, 4.69) is 9.80 Å². The molecule has 2 aromatic rings. The average Bonchev–Trinajstić information content (AvgIpc) is 3.47. The predicted molar refractivity (Wildman–Crippen MR) is 116 cm³/mol. The van der Waals surface area contributed by atoms with Gasteiger partial charge in [0.15, 0.2) is 0 Å². The second-order valence-corrected chi connectivity index (χ2v) is 10.9. The smallest absolute Gasteiger partial charge is 0.369 e. The monoisotopic (exact) mass is 465 g/mol. The first-order valence-corrected chi connectivity index (χ1v) is 12.4. The zero-order chi connectivity index (χ0) is 22.5. The number of alkyl halides is 3. The van der Waals surface area contributed by atoms with E-state index in [0.717, 1.165) is 67.1 Å². The van der Waals surface area contributed by atoms with E-state index in [1.54, 1.807) is 0 Å². The molecule has 9 heteroatoms. The molecule has 0 bridgehead atoms. The Balaban J connectivity index is 1.34. The van der Waals surface area contributed by atoms with Crippen LogP contribution >= 0.6 is 0 Å². The largest absolute Gasteiger partial charge is 0.416 e. The Bertz CT molecular complexity index is 1110. The van der Waals surface area contributed by atoms with Crippen LogP contribution in [0.1, 0.15) is 29.5 Å². The van der Waals surface area contributed by atoms with Crippen molar-refractivity contribution in [3.05, 3.63) is 59.2 Å². The van der Waals surface area contributed by atoms with E-state index < -0.39 is 21.8 Å². The van der Waals surface area contributed by atoms with Crippen molar-refractivity contribution in [2.75, 3.05) is 37.6 Å². The van der Waals surface area contributed by atoms with E-state index in [1.807, 2.05) is 18.2 Å². The Hall–Kier alpha value is -2.10. The van der Waals surface area contributed by atoms with Gasteiger partial charge in [0.1, 0.15) is 0 Å². The van der Waals surface area contributed by atoms with Crippen LogP contribution < -0.4 is 4.90 Å². The van der Waals surface area contributed by atoms with Crippen molar-refractivity contribution in [2.24, 2.45) is 5.92 Å². The molecule has 0 radical (unpaired) electrons. The van der Waals surface area contributed by atoms with Crippen LogP contribution in [0.3, 0.4) is 0 Å². The van der Waals surface area contributed by atoms with Gasteiger partial charge in [-0.1, -0.05) is 18.2 Å². The highest BCUT2D eigenvalue weighted by Crippen LogP contribution is 2.37. The first kappa shape index (κ1) is 21.7. The van der Waals surface area contributed by atoms with E-state index in [4.69, 9.17) is 0 Å². The zero-order valence-electron chi connectivity index (χ0n) is 17.7. The molecule has 3 aliphatic rings. The minimum absolute atomic E-state index is 0.170. The molecule has 172 valence electrons. The fourth-order valence-electron chi connectivity index (χ4n) is 4.66. The van der Waals surface area contributed by atoms with Crippen molar-refractivity contribution in [1.82, 2.24) is 9.21 Å². The highest BCUT2D eigenvalue weighted by molar-refractivity contribution is 7.89. The molecular weight excluding hydrogens is 439 g/mol. The van der Waals surface area contributed by atoms with Gasteiger partial charge in [-0.3, -0.25) is 4.90 Å². The fraction of sp³-hybridized carbons (Fsp3) is 0.478. The lowest BCUT2D eigenvalue weighted by Crippen LogP contribution is -2.47. The summed E-state index contributed by atoms with van der Waals surface area (Å²) in [6, 6.07) is 9.85. The van der Waals surface area contributed by atoms with Crippen LogP contribution in [0.25, 0.3) is 0 Å². The molecule has 0 N–H and O–H groups in total. The van der Waals surface area contributed by atoms with Gasteiger partial charge in [0.25, 0.3) is 0 Å². The summed E-state index contributed by atoms with van der Waals surface area (Å²) >= 11 is 0. The molecule has 1 saturated carbocycles. The summed E-state index contributed by atoms with van der Waals surface area (Å²) in [4.78, 5) is 4.49. The molecule has 0 aromatic heterocycles. The molecule has 32 heavy (non-hydrogen) atoms. The number of piperazine rings is 1. The number of nitrogens with zero attached hydrogens (tertiary/aromatic N) is 3. The first-order valence-electron chi connectivity index (χ1n) is 11.0. The van der Waals surface area contributed by atoms with Crippen molar-refractivity contribution in [3.63, 3.8) is 0 Å². The SMILES string of the molecule is O=S(=O)(c1cccc(C(F)(F)F)c1)N1Cc2cccc(N3CCN(CC4CC4)CC3)c2C1. The maximum atomic E-state index is 13.2. The van der Waals surface area contributed by atoms with Gasteiger partial charge in [0.2, 0.25) is 10.0 Å². The van der Waals surface area contributed by atoms with Gasteiger partial charge in [-0.15, -0.1) is 0 Å². The zero-order valence-corrected chi connectivity index (χ0v) is 18.5. The summed E-state index contributed by atoms with van der Waals surface area (Å²) in [5.41, 5.74) is 1.95. The number of rotatable bonds is 5. The van der Waals surface area contributed by atoms with Crippen LogP contribution in [0.4, 0.5) is 18.9 Å². The summed E-state index contributed by atoms with van der Waals surface area (Å²) in [6.07, 6.45) is -1.92. The van der Waals surface area contributed by atoms with Crippen molar-refractivity contribution < 1.29 is 21.6 Å². The normalized spacial score (nSPS) is 20.5. The Labute approximate surface area is 186 Å². The molecule has 0 amide bonds. The molecule has 5 nitrogen and oxygen atoms in total. The van der Waals surface area contributed by atoms with E-state index in [9.17, 15) is 21.6 Å². The Morgan fingerprint density at radius 1 is 0.938 bits per heavy atom. The number of benzene rings is 2. The first-order chi connectivity index (χ1) is 15.2. The Kier molecular flexibility index (Phi) is 5.46. The minimum atomic E-state index is -4.59. The molecule has 2 heterocycles. The fourth-order valence-corrected chi connectivity index (χ4v) is 6.09. The lowest BCUT2D eigenvalue weighted by molar-refractivity contribution is -0.137. The van der Waals surface area contributed by atoms with Gasteiger partial charge >= 0.3 is 6.18 Å². The van der Waals surface area contributed by atoms with E-state index in [-0.39, 0.29) is 18.0 Å². The third-order valence-electron chi connectivity index (χ3n) is 6.65. The van der Waals surface area contributed by atoms with E-state index in [1.165, 1.54) is 29.8 Å². The summed E-state index contributed by atoms with van der Waals surface area (Å²) in [5, 5.41) is 0. The predicted octanol–water partition coefficient (Wildman–Crippen LogP) is 3.94. The van der Waals surface area contributed by atoms with Crippen LogP contribution in [0.2, 0.25) is 0 Å². The van der Waals surface area contributed by atoms with Crippen LogP contribution in [0, 0.1) is 5.92 Å². The highest BCUT2D eigenvalue weighted by atomic mass is 32.2. The summed E-state index contributed by atoms with van der Waals surface area (Å²) in [6.45, 7) is 5.28. The average molecular weight is 466 g/mol. The van der Waals surface area contributed by atoms with Crippen LogP contribution in [-0.2, 0) is 29.3 Å². The van der Waals surface area contributed by atoms with Crippen LogP contribution in [0.5, 0.6) is 0 Å². The minimum Gasteiger partial charge on any atom is -0.369 e. The highest BCUT2D eigenvalue weighted by Gasteiger charge is 2.36. The van der Waals surface area contributed by atoms with Crippen LogP contribution in [0.15, 0.2) is 47.4 Å². The maximum absolute atomic E-state index is 13.2. The number of halogens is 3. The number of fused-ring (bicyclic) bond motifs is 1. The third-order valence-corrected chi connectivity index (χ3v) is 8.44. The van der Waals surface area contributed by atoms with Gasteiger partial charge in [-0.05, 0) is 54.2 Å². The van der Waals surface area contributed by atoms with Gasteiger partial charge in [0, 0.05) is 51.5 Å². The van der Waals surface area contributed by atoms with Crippen molar-refractivity contribution in [1.29, 1.82) is 0 Å². The van der Waals surface area contributed by atoms with E-state index >= 15 is 0 Å². The molecule has 5 rings (SSSR count). The van der Waals surface area contributed by atoms with Crippen molar-refractivity contribution >= 4 is 15.7 Å². The standard InChI is InChI=1S/C23H26F3N3O2S/c24-23(25,26)19-4-2-5-20(13-19)32(30,31)29-15-18-3-1-6-22(21(18)16-29)28-11-9-27(10-12-28)14-17-7-8-17/h1-6,13,17H,7-12,14-16H2. The van der Waals surface area contributed by atoms with Gasteiger partial charge in [0.05, 0.1) is 10.5 Å². The summed E-state index contributed by atoms with van der Waals surface area (Å²) in [7, 11) is -4.05. The van der Waals surface area contributed by atoms with Gasteiger partial charge in [-0.2, -0.15) is 17.5 Å². The summed E-state index contributed by atoms with van der Waals surface area (Å²) in [5.74, 6) is 0.858. The number of hydrogen-bond donors (Lipinski definition) is 0. The molecule has 0 atom stereocenters. The molecule has 0 spiro atoms. The second-order valence-electron chi connectivity index (χ2n) is 8.94. The van der Waals surface area contributed by atoms with Crippen LogP contribution in [-0.4, -0.2) is 50.3 Å². The Morgan fingerprint density at radius 3 is 2.34 bits per heavy atom. The quantitative estimate of drug-likeness (QED) is 0.671.